The number of aryl methyl sites for hydroxylation is 1. The number of aromatic nitrogens is 2. The lowest BCUT2D eigenvalue weighted by atomic mass is 10.2. The van der Waals surface area contributed by atoms with Gasteiger partial charge in [-0.1, -0.05) is 12.1 Å². The molecule has 1 amide bonds. The number of ether oxygens (including phenoxy) is 1. The average molecular weight is 329 g/mol. The van der Waals surface area contributed by atoms with Gasteiger partial charge in [-0.25, -0.2) is 4.79 Å². The quantitative estimate of drug-likeness (QED) is 0.834. The normalized spacial score (nSPS) is 10.8. The number of carbonyl (C=O) groups is 1. The third-order valence-electron chi connectivity index (χ3n) is 3.33. The molecule has 0 saturated heterocycles. The number of nitrogens with zero attached hydrogens (tertiary/aromatic N) is 2. The van der Waals surface area contributed by atoms with Gasteiger partial charge in [-0.2, -0.15) is 0 Å². The first-order chi connectivity index (χ1) is 11.4. The summed E-state index contributed by atoms with van der Waals surface area (Å²) in [5, 5.41) is 2.70. The summed E-state index contributed by atoms with van der Waals surface area (Å²) < 4.78 is 7.70. The van der Waals surface area contributed by atoms with Crippen molar-refractivity contribution in [3.05, 3.63) is 62.9 Å². The summed E-state index contributed by atoms with van der Waals surface area (Å²) in [5.41, 5.74) is -0.0979. The van der Waals surface area contributed by atoms with E-state index in [0.29, 0.717) is 18.0 Å². The van der Waals surface area contributed by atoms with Crippen LogP contribution in [0.3, 0.4) is 0 Å². The summed E-state index contributed by atoms with van der Waals surface area (Å²) in [7, 11) is 2.93. The Morgan fingerprint density at radius 1 is 1.25 bits per heavy atom. The molecule has 0 atom stereocenters. The summed E-state index contributed by atoms with van der Waals surface area (Å²) in [5.74, 6) is 0.165. The number of amides is 1. The van der Waals surface area contributed by atoms with E-state index in [-0.39, 0.29) is 5.56 Å². The zero-order valence-electron chi connectivity index (χ0n) is 13.8. The molecule has 0 saturated carbocycles. The molecule has 0 radical (unpaired) electrons. The van der Waals surface area contributed by atoms with Crippen LogP contribution in [0.25, 0.3) is 6.08 Å². The fourth-order valence-corrected chi connectivity index (χ4v) is 2.14. The molecule has 0 aliphatic rings. The summed E-state index contributed by atoms with van der Waals surface area (Å²) in [4.78, 5) is 35.7. The van der Waals surface area contributed by atoms with Gasteiger partial charge in [0.2, 0.25) is 5.91 Å². The molecule has 1 aromatic heterocycles. The Kier molecular flexibility index (Phi) is 5.36. The van der Waals surface area contributed by atoms with Crippen molar-refractivity contribution in [3.8, 4) is 5.75 Å². The highest BCUT2D eigenvalue weighted by molar-refractivity contribution is 6.02. The van der Waals surface area contributed by atoms with Crippen LogP contribution >= 0.6 is 0 Å². The molecule has 0 fully saturated rings. The average Bonchev–Trinajstić information content (AvgIpc) is 2.57. The van der Waals surface area contributed by atoms with Gasteiger partial charge in [-0.3, -0.25) is 14.2 Å². The first-order valence-electron chi connectivity index (χ1n) is 7.41. The Morgan fingerprint density at radius 2 is 1.96 bits per heavy atom. The van der Waals surface area contributed by atoms with Crippen LogP contribution in [0.15, 0.2) is 46.1 Å². The standard InChI is InChI=1S/C17H19N3O4/c1-4-24-14-8-6-5-7-13(14)18-15(21)10-9-12-11-19(2)17(23)20(3)16(12)22/h5-11H,4H2,1-3H3,(H,18,21)/b10-9+. The van der Waals surface area contributed by atoms with E-state index in [4.69, 9.17) is 4.74 Å². The van der Waals surface area contributed by atoms with E-state index in [0.717, 1.165) is 4.57 Å². The van der Waals surface area contributed by atoms with Crippen LogP contribution in [0.5, 0.6) is 5.75 Å². The third-order valence-corrected chi connectivity index (χ3v) is 3.33. The second kappa shape index (κ2) is 7.45. The molecule has 1 N–H and O–H groups in total. The smallest absolute Gasteiger partial charge is 0.330 e. The number of rotatable bonds is 5. The van der Waals surface area contributed by atoms with Crippen molar-refractivity contribution in [1.29, 1.82) is 0 Å². The van der Waals surface area contributed by atoms with Crippen LogP contribution < -0.4 is 21.3 Å². The lowest BCUT2D eigenvalue weighted by molar-refractivity contribution is -0.111. The first-order valence-corrected chi connectivity index (χ1v) is 7.41. The van der Waals surface area contributed by atoms with Crippen molar-refractivity contribution in [2.75, 3.05) is 11.9 Å². The minimum Gasteiger partial charge on any atom is -0.492 e. The van der Waals surface area contributed by atoms with Crippen LogP contribution in [0.1, 0.15) is 12.5 Å². The SMILES string of the molecule is CCOc1ccccc1NC(=O)/C=C/c1cn(C)c(=O)n(C)c1=O. The van der Waals surface area contributed by atoms with Crippen LogP contribution in [0.2, 0.25) is 0 Å². The zero-order valence-corrected chi connectivity index (χ0v) is 13.8. The van der Waals surface area contributed by atoms with Gasteiger partial charge >= 0.3 is 5.69 Å². The number of nitrogens with one attached hydrogen (secondary N) is 1. The maximum atomic E-state index is 12.1. The number of benzene rings is 1. The van der Waals surface area contributed by atoms with Gasteiger partial charge in [-0.15, -0.1) is 0 Å². The highest BCUT2D eigenvalue weighted by Crippen LogP contribution is 2.23. The highest BCUT2D eigenvalue weighted by Gasteiger charge is 2.07. The molecular formula is C17H19N3O4. The van der Waals surface area contributed by atoms with E-state index in [1.165, 1.54) is 37.0 Å². The molecule has 0 spiro atoms. The molecule has 24 heavy (non-hydrogen) atoms. The van der Waals surface area contributed by atoms with Gasteiger partial charge in [0.05, 0.1) is 17.9 Å². The topological polar surface area (TPSA) is 82.3 Å². The monoisotopic (exact) mass is 329 g/mol. The predicted octanol–water partition coefficient (Wildman–Crippen LogP) is 1.13. The second-order valence-electron chi connectivity index (χ2n) is 5.09. The third kappa shape index (κ3) is 3.81. The summed E-state index contributed by atoms with van der Waals surface area (Å²) in [6.45, 7) is 2.34. The van der Waals surface area contributed by atoms with E-state index in [2.05, 4.69) is 5.32 Å². The van der Waals surface area contributed by atoms with Crippen molar-refractivity contribution in [3.63, 3.8) is 0 Å². The van der Waals surface area contributed by atoms with E-state index in [1.54, 1.807) is 18.2 Å². The fraction of sp³-hybridized carbons (Fsp3) is 0.235. The molecule has 7 nitrogen and oxygen atoms in total. The largest absolute Gasteiger partial charge is 0.492 e. The molecule has 0 aliphatic heterocycles. The van der Waals surface area contributed by atoms with E-state index in [1.807, 2.05) is 13.0 Å². The van der Waals surface area contributed by atoms with Gasteiger partial charge in [-0.05, 0) is 25.1 Å². The lowest BCUT2D eigenvalue weighted by Crippen LogP contribution is -2.37. The van der Waals surface area contributed by atoms with Crippen LogP contribution in [-0.4, -0.2) is 21.6 Å². The Hall–Kier alpha value is -3.09. The molecule has 7 heteroatoms. The van der Waals surface area contributed by atoms with Gasteiger partial charge in [0.15, 0.2) is 0 Å². The van der Waals surface area contributed by atoms with Crippen molar-refractivity contribution < 1.29 is 9.53 Å². The van der Waals surface area contributed by atoms with Gasteiger partial charge < -0.3 is 14.6 Å². The van der Waals surface area contributed by atoms with E-state index in [9.17, 15) is 14.4 Å². The Balaban J connectivity index is 2.21. The molecule has 2 aromatic rings. The van der Waals surface area contributed by atoms with Gasteiger partial charge in [0, 0.05) is 26.4 Å². The minimum absolute atomic E-state index is 0.243. The minimum atomic E-state index is -0.461. The maximum absolute atomic E-state index is 12.1. The molecular weight excluding hydrogens is 310 g/mol. The number of carbonyl (C=O) groups excluding carboxylic acids is 1. The molecule has 0 aliphatic carbocycles. The Bertz CT molecular complexity index is 893. The van der Waals surface area contributed by atoms with Crippen molar-refractivity contribution in [1.82, 2.24) is 9.13 Å². The molecule has 1 heterocycles. The predicted molar refractivity (Wildman–Crippen MR) is 92.2 cm³/mol. The molecule has 2 rings (SSSR count). The van der Waals surface area contributed by atoms with Crippen molar-refractivity contribution in [2.24, 2.45) is 14.1 Å². The van der Waals surface area contributed by atoms with Crippen LogP contribution in [0, 0.1) is 0 Å². The van der Waals surface area contributed by atoms with Crippen molar-refractivity contribution >= 4 is 17.7 Å². The Labute approximate surface area is 138 Å². The molecule has 0 unspecified atom stereocenters. The molecule has 126 valence electrons. The first kappa shape index (κ1) is 17.3. The van der Waals surface area contributed by atoms with Gasteiger partial charge in [0.25, 0.3) is 5.56 Å². The zero-order chi connectivity index (χ0) is 17.7. The fourth-order valence-electron chi connectivity index (χ4n) is 2.14. The van der Waals surface area contributed by atoms with Crippen molar-refractivity contribution in [2.45, 2.75) is 6.92 Å². The summed E-state index contributed by atoms with van der Waals surface area (Å²) >= 11 is 0. The lowest BCUT2D eigenvalue weighted by Gasteiger charge is -2.09. The van der Waals surface area contributed by atoms with Crippen LogP contribution in [0.4, 0.5) is 5.69 Å². The number of hydrogen-bond donors (Lipinski definition) is 1. The number of para-hydroxylation sites is 2. The van der Waals surface area contributed by atoms with Crippen LogP contribution in [-0.2, 0) is 18.9 Å². The van der Waals surface area contributed by atoms with E-state index >= 15 is 0 Å². The summed E-state index contributed by atoms with van der Waals surface area (Å²) in [6.07, 6.45) is 4.01. The van der Waals surface area contributed by atoms with Gasteiger partial charge in [0.1, 0.15) is 5.75 Å². The molecule has 0 bridgehead atoms. The second-order valence-corrected chi connectivity index (χ2v) is 5.09. The number of anilines is 1. The van der Waals surface area contributed by atoms with E-state index < -0.39 is 17.2 Å². The maximum Gasteiger partial charge on any atom is 0.330 e. The Morgan fingerprint density at radius 3 is 2.67 bits per heavy atom. The molecule has 1 aromatic carbocycles. The number of hydrogen-bond acceptors (Lipinski definition) is 4. The highest BCUT2D eigenvalue weighted by atomic mass is 16.5. The summed E-state index contributed by atoms with van der Waals surface area (Å²) in [6, 6.07) is 7.07.